The summed E-state index contributed by atoms with van der Waals surface area (Å²) in [4.78, 5) is 15.1. The van der Waals surface area contributed by atoms with Crippen molar-refractivity contribution in [3.8, 4) is 11.5 Å². The van der Waals surface area contributed by atoms with Crippen LogP contribution in [0.4, 0.5) is 0 Å². The molecule has 0 N–H and O–H groups in total. The molecule has 0 unspecified atom stereocenters. The molecule has 2 aromatic heterocycles. The normalized spacial score (nSPS) is 10.3. The summed E-state index contributed by atoms with van der Waals surface area (Å²) in [5.41, 5.74) is 0.556. The third-order valence-corrected chi connectivity index (χ3v) is 2.27. The molecule has 0 bridgehead atoms. The molecule has 0 saturated carbocycles. The molecule has 18 heavy (non-hydrogen) atoms. The molecule has 0 aliphatic rings. The second-order valence-corrected chi connectivity index (χ2v) is 3.55. The summed E-state index contributed by atoms with van der Waals surface area (Å²) in [5, 5.41) is 11.4. The number of aryl methyl sites for hydroxylation is 1. The van der Waals surface area contributed by atoms with Gasteiger partial charge in [0, 0.05) is 19.0 Å². The predicted octanol–water partition coefficient (Wildman–Crippen LogP) is 1.02. The van der Waals surface area contributed by atoms with Crippen LogP contribution in [-0.2, 0) is 16.0 Å². The van der Waals surface area contributed by atoms with Crippen molar-refractivity contribution in [2.75, 3.05) is 7.11 Å². The number of carbonyl (C=O) groups excluding carboxylic acids is 1. The summed E-state index contributed by atoms with van der Waals surface area (Å²) in [6.45, 7) is 0. The summed E-state index contributed by atoms with van der Waals surface area (Å²) in [7, 11) is 1.36. The highest BCUT2D eigenvalue weighted by atomic mass is 16.5. The minimum absolute atomic E-state index is 0.247. The van der Waals surface area contributed by atoms with Crippen molar-refractivity contribution in [2.45, 2.75) is 19.3 Å². The second-order valence-electron chi connectivity index (χ2n) is 3.55. The first-order chi connectivity index (χ1) is 8.79. The monoisotopic (exact) mass is 248 g/mol. The van der Waals surface area contributed by atoms with Gasteiger partial charge in [0.25, 0.3) is 0 Å². The van der Waals surface area contributed by atoms with Gasteiger partial charge in [-0.15, -0.1) is 5.10 Å². The standard InChI is InChI=1S/C11H12N4O3/c1-17-10(16)6-2-5-9-13-11(15-18-9)8-4-3-7-12-14-8/h3-4,7H,2,5-6H2,1H3. The van der Waals surface area contributed by atoms with Crippen LogP contribution in [-0.4, -0.2) is 33.4 Å². The lowest BCUT2D eigenvalue weighted by atomic mass is 10.2. The highest BCUT2D eigenvalue weighted by molar-refractivity contribution is 5.69. The van der Waals surface area contributed by atoms with Crippen LogP contribution >= 0.6 is 0 Å². The van der Waals surface area contributed by atoms with Crippen molar-refractivity contribution in [1.29, 1.82) is 0 Å². The Balaban J connectivity index is 1.93. The van der Waals surface area contributed by atoms with Gasteiger partial charge in [-0.05, 0) is 18.6 Å². The first-order valence-corrected chi connectivity index (χ1v) is 5.47. The van der Waals surface area contributed by atoms with Crippen molar-refractivity contribution >= 4 is 5.97 Å². The van der Waals surface area contributed by atoms with Crippen LogP contribution < -0.4 is 0 Å². The van der Waals surface area contributed by atoms with E-state index in [4.69, 9.17) is 4.52 Å². The molecular formula is C11H12N4O3. The minimum Gasteiger partial charge on any atom is -0.469 e. The van der Waals surface area contributed by atoms with E-state index in [0.29, 0.717) is 36.7 Å². The number of hydrogen-bond donors (Lipinski definition) is 0. The van der Waals surface area contributed by atoms with Crippen molar-refractivity contribution in [2.24, 2.45) is 0 Å². The molecule has 7 nitrogen and oxygen atoms in total. The summed E-state index contributed by atoms with van der Waals surface area (Å²) >= 11 is 0. The number of rotatable bonds is 5. The number of nitrogens with zero attached hydrogens (tertiary/aromatic N) is 4. The lowest BCUT2D eigenvalue weighted by Gasteiger charge is -1.95. The molecular weight excluding hydrogens is 236 g/mol. The van der Waals surface area contributed by atoms with Gasteiger partial charge < -0.3 is 9.26 Å². The zero-order chi connectivity index (χ0) is 12.8. The summed E-state index contributed by atoms with van der Waals surface area (Å²) < 4.78 is 9.59. The molecule has 0 radical (unpaired) electrons. The van der Waals surface area contributed by atoms with Gasteiger partial charge in [0.1, 0.15) is 5.69 Å². The Morgan fingerprint density at radius 1 is 1.50 bits per heavy atom. The topological polar surface area (TPSA) is 91.0 Å². The Kier molecular flexibility index (Phi) is 3.95. The summed E-state index contributed by atoms with van der Waals surface area (Å²) in [6.07, 6.45) is 3.04. The largest absolute Gasteiger partial charge is 0.469 e. The van der Waals surface area contributed by atoms with Gasteiger partial charge in [0.15, 0.2) is 0 Å². The molecule has 0 aliphatic heterocycles. The maximum Gasteiger partial charge on any atom is 0.305 e. The zero-order valence-electron chi connectivity index (χ0n) is 9.87. The number of methoxy groups -OCH3 is 1. The Labute approximate surface area is 103 Å². The molecule has 7 heteroatoms. The van der Waals surface area contributed by atoms with Gasteiger partial charge in [0.2, 0.25) is 11.7 Å². The number of carbonyl (C=O) groups is 1. The lowest BCUT2D eigenvalue weighted by molar-refractivity contribution is -0.140. The van der Waals surface area contributed by atoms with Crippen LogP contribution in [0.15, 0.2) is 22.9 Å². The molecule has 0 saturated heterocycles. The van der Waals surface area contributed by atoms with E-state index in [-0.39, 0.29) is 5.97 Å². The molecule has 0 atom stereocenters. The fourth-order valence-corrected chi connectivity index (χ4v) is 1.37. The molecule has 0 spiro atoms. The van der Waals surface area contributed by atoms with E-state index in [9.17, 15) is 4.79 Å². The maximum atomic E-state index is 10.9. The SMILES string of the molecule is COC(=O)CCCc1nc(-c2cccnn2)no1. The number of hydrogen-bond acceptors (Lipinski definition) is 7. The maximum absolute atomic E-state index is 10.9. The minimum atomic E-state index is -0.247. The van der Waals surface area contributed by atoms with Crippen LogP contribution in [0.25, 0.3) is 11.5 Å². The van der Waals surface area contributed by atoms with Crippen molar-refractivity contribution < 1.29 is 14.1 Å². The molecule has 2 heterocycles. The van der Waals surface area contributed by atoms with Crippen LogP contribution in [0.3, 0.4) is 0 Å². The van der Waals surface area contributed by atoms with Gasteiger partial charge in [-0.2, -0.15) is 10.1 Å². The van der Waals surface area contributed by atoms with Crippen LogP contribution in [0.1, 0.15) is 18.7 Å². The van der Waals surface area contributed by atoms with Gasteiger partial charge in [-0.1, -0.05) is 5.16 Å². The van der Waals surface area contributed by atoms with Gasteiger partial charge in [-0.25, -0.2) is 0 Å². The van der Waals surface area contributed by atoms with Gasteiger partial charge in [-0.3, -0.25) is 4.79 Å². The van der Waals surface area contributed by atoms with Crippen LogP contribution in [0.5, 0.6) is 0 Å². The molecule has 0 aliphatic carbocycles. The molecule has 0 amide bonds. The van der Waals surface area contributed by atoms with E-state index in [0.717, 1.165) is 0 Å². The van der Waals surface area contributed by atoms with E-state index in [2.05, 4.69) is 25.1 Å². The third-order valence-electron chi connectivity index (χ3n) is 2.27. The van der Waals surface area contributed by atoms with E-state index >= 15 is 0 Å². The molecule has 0 aromatic carbocycles. The summed E-state index contributed by atoms with van der Waals surface area (Å²) in [5.74, 6) is 0.624. The number of aromatic nitrogens is 4. The first-order valence-electron chi connectivity index (χ1n) is 5.47. The number of esters is 1. The smallest absolute Gasteiger partial charge is 0.305 e. The Morgan fingerprint density at radius 3 is 3.11 bits per heavy atom. The van der Waals surface area contributed by atoms with Gasteiger partial charge >= 0.3 is 5.97 Å². The molecule has 2 aromatic rings. The third kappa shape index (κ3) is 3.09. The van der Waals surface area contributed by atoms with Crippen molar-refractivity contribution in [3.63, 3.8) is 0 Å². The fourth-order valence-electron chi connectivity index (χ4n) is 1.37. The zero-order valence-corrected chi connectivity index (χ0v) is 9.87. The quantitative estimate of drug-likeness (QED) is 0.729. The van der Waals surface area contributed by atoms with Crippen LogP contribution in [0.2, 0.25) is 0 Å². The lowest BCUT2D eigenvalue weighted by Crippen LogP contribution is -2.00. The van der Waals surface area contributed by atoms with E-state index in [1.165, 1.54) is 7.11 Å². The Hall–Kier alpha value is -2.31. The summed E-state index contributed by atoms with van der Waals surface area (Å²) in [6, 6.07) is 3.49. The van der Waals surface area contributed by atoms with Crippen LogP contribution in [0, 0.1) is 0 Å². The fraction of sp³-hybridized carbons (Fsp3) is 0.364. The second kappa shape index (κ2) is 5.85. The average molecular weight is 248 g/mol. The first kappa shape index (κ1) is 12.2. The molecule has 0 fully saturated rings. The highest BCUT2D eigenvalue weighted by Gasteiger charge is 2.10. The Bertz CT molecular complexity index is 512. The van der Waals surface area contributed by atoms with E-state index in [1.807, 2.05) is 0 Å². The average Bonchev–Trinajstić information content (AvgIpc) is 2.88. The van der Waals surface area contributed by atoms with E-state index in [1.54, 1.807) is 18.3 Å². The molecule has 2 rings (SSSR count). The van der Waals surface area contributed by atoms with Crippen molar-refractivity contribution in [1.82, 2.24) is 20.3 Å². The predicted molar refractivity (Wildman–Crippen MR) is 60.3 cm³/mol. The molecule has 94 valence electrons. The van der Waals surface area contributed by atoms with E-state index < -0.39 is 0 Å². The number of ether oxygens (including phenoxy) is 1. The highest BCUT2D eigenvalue weighted by Crippen LogP contribution is 2.12. The van der Waals surface area contributed by atoms with Crippen molar-refractivity contribution in [3.05, 3.63) is 24.2 Å². The van der Waals surface area contributed by atoms with Gasteiger partial charge in [0.05, 0.1) is 7.11 Å². The Morgan fingerprint density at radius 2 is 2.39 bits per heavy atom.